The van der Waals surface area contributed by atoms with Crippen molar-refractivity contribution in [3.8, 4) is 0 Å². The molecule has 3 heterocycles. The zero-order valence-electron chi connectivity index (χ0n) is 15.1. The predicted molar refractivity (Wildman–Crippen MR) is 102 cm³/mol. The molecule has 1 fully saturated rings. The average Bonchev–Trinajstić information content (AvgIpc) is 2.69. The maximum Gasteiger partial charge on any atom is 0.191 e. The first-order valence-corrected chi connectivity index (χ1v) is 9.24. The first kappa shape index (κ1) is 17.7. The van der Waals surface area contributed by atoms with Crippen LogP contribution in [0.25, 0.3) is 0 Å². The van der Waals surface area contributed by atoms with E-state index in [4.69, 9.17) is 4.74 Å². The van der Waals surface area contributed by atoms with Gasteiger partial charge in [0.1, 0.15) is 5.82 Å². The van der Waals surface area contributed by atoms with Gasteiger partial charge in [-0.25, -0.2) is 4.98 Å². The molecule has 0 unspecified atom stereocenters. The molecule has 0 bridgehead atoms. The van der Waals surface area contributed by atoms with Crippen LogP contribution in [0.5, 0.6) is 0 Å². The first-order valence-electron chi connectivity index (χ1n) is 9.24. The van der Waals surface area contributed by atoms with E-state index in [-0.39, 0.29) is 0 Å². The number of hydrogen-bond donors (Lipinski definition) is 2. The number of aromatic nitrogens is 1. The SMILES string of the molecule is CN=C(NCCC1=CCOCC1)NC1CCN(c2ccccn2)CC1. The van der Waals surface area contributed by atoms with Gasteiger partial charge in [-0.05, 0) is 37.8 Å². The van der Waals surface area contributed by atoms with Crippen molar-refractivity contribution in [2.24, 2.45) is 4.99 Å². The van der Waals surface area contributed by atoms with Crippen LogP contribution in [0.15, 0.2) is 41.0 Å². The Hall–Kier alpha value is -2.08. The normalized spacial score (nSPS) is 19.5. The quantitative estimate of drug-likeness (QED) is 0.486. The van der Waals surface area contributed by atoms with Crippen LogP contribution in [-0.2, 0) is 4.74 Å². The van der Waals surface area contributed by atoms with Gasteiger partial charge in [-0.2, -0.15) is 0 Å². The Morgan fingerprint density at radius 1 is 1.36 bits per heavy atom. The number of guanidine groups is 1. The van der Waals surface area contributed by atoms with Crippen LogP contribution in [0.4, 0.5) is 5.82 Å². The number of piperidine rings is 1. The maximum absolute atomic E-state index is 5.35. The summed E-state index contributed by atoms with van der Waals surface area (Å²) in [5.74, 6) is 1.98. The van der Waals surface area contributed by atoms with Gasteiger partial charge in [-0.1, -0.05) is 17.7 Å². The van der Waals surface area contributed by atoms with Crippen LogP contribution in [0.2, 0.25) is 0 Å². The fraction of sp³-hybridized carbons (Fsp3) is 0.579. The second-order valence-electron chi connectivity index (χ2n) is 6.53. The molecule has 1 saturated heterocycles. The molecule has 2 aliphatic heterocycles. The molecule has 2 N–H and O–H groups in total. The molecule has 25 heavy (non-hydrogen) atoms. The number of nitrogens with one attached hydrogen (secondary N) is 2. The lowest BCUT2D eigenvalue weighted by Crippen LogP contribution is -2.49. The lowest BCUT2D eigenvalue weighted by Gasteiger charge is -2.33. The van der Waals surface area contributed by atoms with E-state index in [2.05, 4.69) is 37.7 Å². The highest BCUT2D eigenvalue weighted by atomic mass is 16.5. The van der Waals surface area contributed by atoms with E-state index in [1.54, 1.807) is 0 Å². The van der Waals surface area contributed by atoms with E-state index >= 15 is 0 Å². The van der Waals surface area contributed by atoms with E-state index in [9.17, 15) is 0 Å². The van der Waals surface area contributed by atoms with E-state index in [0.717, 1.165) is 70.3 Å². The fourth-order valence-corrected chi connectivity index (χ4v) is 3.32. The summed E-state index contributed by atoms with van der Waals surface area (Å²) in [5.41, 5.74) is 1.48. The molecule has 3 rings (SSSR count). The molecule has 0 aliphatic carbocycles. The summed E-state index contributed by atoms with van der Waals surface area (Å²) < 4.78 is 5.35. The van der Waals surface area contributed by atoms with Gasteiger partial charge in [0.05, 0.1) is 13.2 Å². The van der Waals surface area contributed by atoms with Crippen LogP contribution in [0.1, 0.15) is 25.7 Å². The monoisotopic (exact) mass is 343 g/mol. The van der Waals surface area contributed by atoms with Gasteiger partial charge in [0.2, 0.25) is 0 Å². The number of anilines is 1. The maximum atomic E-state index is 5.35. The molecule has 2 aliphatic rings. The molecule has 1 aromatic heterocycles. The van der Waals surface area contributed by atoms with Gasteiger partial charge in [0.15, 0.2) is 5.96 Å². The van der Waals surface area contributed by atoms with Gasteiger partial charge in [0.25, 0.3) is 0 Å². The Morgan fingerprint density at radius 2 is 2.24 bits per heavy atom. The van der Waals surface area contributed by atoms with Crippen molar-refractivity contribution < 1.29 is 4.74 Å². The van der Waals surface area contributed by atoms with Gasteiger partial charge >= 0.3 is 0 Å². The minimum absolute atomic E-state index is 0.466. The molecule has 0 atom stereocenters. The highest BCUT2D eigenvalue weighted by Gasteiger charge is 2.20. The minimum Gasteiger partial charge on any atom is -0.377 e. The average molecular weight is 343 g/mol. The topological polar surface area (TPSA) is 61.8 Å². The summed E-state index contributed by atoms with van der Waals surface area (Å²) in [6.45, 7) is 4.58. The third kappa shape index (κ3) is 5.46. The van der Waals surface area contributed by atoms with Crippen molar-refractivity contribution in [1.82, 2.24) is 15.6 Å². The van der Waals surface area contributed by atoms with E-state index in [0.29, 0.717) is 6.04 Å². The molecule has 0 saturated carbocycles. The number of pyridine rings is 1. The Bertz CT molecular complexity index is 579. The van der Waals surface area contributed by atoms with Crippen molar-refractivity contribution in [3.05, 3.63) is 36.0 Å². The van der Waals surface area contributed by atoms with Gasteiger partial charge in [0, 0.05) is 38.9 Å². The molecule has 0 spiro atoms. The zero-order valence-corrected chi connectivity index (χ0v) is 15.1. The number of nitrogens with zero attached hydrogens (tertiary/aromatic N) is 3. The Kier molecular flexibility index (Phi) is 6.68. The summed E-state index contributed by atoms with van der Waals surface area (Å²) in [7, 11) is 1.84. The van der Waals surface area contributed by atoms with Crippen molar-refractivity contribution in [1.29, 1.82) is 0 Å². The Labute approximate surface area is 150 Å². The molecule has 136 valence electrons. The van der Waals surface area contributed by atoms with Crippen LogP contribution < -0.4 is 15.5 Å². The first-order chi connectivity index (χ1) is 12.3. The summed E-state index contributed by atoms with van der Waals surface area (Å²) in [5, 5.41) is 7.00. The van der Waals surface area contributed by atoms with Crippen molar-refractivity contribution in [2.45, 2.75) is 31.7 Å². The van der Waals surface area contributed by atoms with Gasteiger partial charge in [-0.15, -0.1) is 0 Å². The fourth-order valence-electron chi connectivity index (χ4n) is 3.32. The molecule has 6 nitrogen and oxygen atoms in total. The molecule has 1 aromatic rings. The Balaban J connectivity index is 1.38. The molecular weight excluding hydrogens is 314 g/mol. The van der Waals surface area contributed by atoms with Crippen molar-refractivity contribution in [2.75, 3.05) is 44.8 Å². The number of ether oxygens (including phenoxy) is 1. The van der Waals surface area contributed by atoms with Crippen LogP contribution >= 0.6 is 0 Å². The van der Waals surface area contributed by atoms with E-state index in [1.807, 2.05) is 25.4 Å². The lowest BCUT2D eigenvalue weighted by atomic mass is 10.1. The predicted octanol–water partition coefficient (Wildman–Crippen LogP) is 1.95. The van der Waals surface area contributed by atoms with Gasteiger partial charge in [-0.3, -0.25) is 4.99 Å². The highest BCUT2D eigenvalue weighted by Crippen LogP contribution is 2.17. The third-order valence-electron chi connectivity index (χ3n) is 4.83. The lowest BCUT2D eigenvalue weighted by molar-refractivity contribution is 0.153. The van der Waals surface area contributed by atoms with Crippen LogP contribution in [0.3, 0.4) is 0 Å². The largest absolute Gasteiger partial charge is 0.377 e. The van der Waals surface area contributed by atoms with Crippen molar-refractivity contribution >= 4 is 11.8 Å². The summed E-state index contributed by atoms with van der Waals surface area (Å²) in [4.78, 5) is 11.2. The summed E-state index contributed by atoms with van der Waals surface area (Å²) in [6.07, 6.45) is 8.37. The Morgan fingerprint density at radius 3 is 2.92 bits per heavy atom. The molecular formula is C19H29N5O. The number of rotatable bonds is 5. The molecule has 0 amide bonds. The summed E-state index contributed by atoms with van der Waals surface area (Å²) >= 11 is 0. The standard InChI is InChI=1S/C19H29N5O/c1-20-19(22-11-5-16-8-14-25-15-9-16)23-17-6-12-24(13-7-17)18-4-2-3-10-21-18/h2-4,8,10,17H,5-7,9,11-15H2,1H3,(H2,20,22,23). The summed E-state index contributed by atoms with van der Waals surface area (Å²) in [6, 6.07) is 6.56. The van der Waals surface area contributed by atoms with Crippen LogP contribution in [-0.4, -0.2) is 56.9 Å². The molecule has 6 heteroatoms. The second-order valence-corrected chi connectivity index (χ2v) is 6.53. The molecule has 0 radical (unpaired) electrons. The smallest absolute Gasteiger partial charge is 0.191 e. The van der Waals surface area contributed by atoms with Gasteiger partial charge < -0.3 is 20.3 Å². The minimum atomic E-state index is 0.466. The number of hydrogen-bond acceptors (Lipinski definition) is 4. The third-order valence-corrected chi connectivity index (χ3v) is 4.83. The molecule has 0 aromatic carbocycles. The number of aliphatic imine (C=N–C) groups is 1. The van der Waals surface area contributed by atoms with Crippen LogP contribution in [0, 0.1) is 0 Å². The van der Waals surface area contributed by atoms with Crippen molar-refractivity contribution in [3.63, 3.8) is 0 Å². The second kappa shape index (κ2) is 9.42. The van der Waals surface area contributed by atoms with E-state index in [1.165, 1.54) is 5.57 Å². The highest BCUT2D eigenvalue weighted by molar-refractivity contribution is 5.80. The van der Waals surface area contributed by atoms with E-state index < -0.39 is 0 Å². The zero-order chi connectivity index (χ0) is 17.3.